The summed E-state index contributed by atoms with van der Waals surface area (Å²) in [4.78, 5) is 36.1. The molecule has 2 amide bonds. The van der Waals surface area contributed by atoms with E-state index in [1.807, 2.05) is 12.1 Å². The summed E-state index contributed by atoms with van der Waals surface area (Å²) < 4.78 is 5.39. The van der Waals surface area contributed by atoms with Crippen molar-refractivity contribution in [3.05, 3.63) is 53.5 Å². The number of amides is 2. The van der Waals surface area contributed by atoms with Crippen molar-refractivity contribution >= 4 is 45.0 Å². The maximum absolute atomic E-state index is 12.6. The van der Waals surface area contributed by atoms with Crippen LogP contribution in [0.15, 0.2) is 48.0 Å². The molecule has 2 aromatic carbocycles. The number of fused-ring (bicyclic) bond motifs is 2. The highest BCUT2D eigenvalue weighted by atomic mass is 32.1. The van der Waals surface area contributed by atoms with Gasteiger partial charge in [-0.3, -0.25) is 14.9 Å². The number of carbonyl (C=O) groups is 2. The molecular formula is C19H13N5O3S. The predicted molar refractivity (Wildman–Crippen MR) is 106 cm³/mol. The second kappa shape index (κ2) is 6.46. The molecule has 0 atom stereocenters. The van der Waals surface area contributed by atoms with E-state index >= 15 is 0 Å². The molecule has 9 heteroatoms. The third-order valence-corrected chi connectivity index (χ3v) is 4.98. The Balaban J connectivity index is 1.53. The standard InChI is InChI=1S/C19H13N5O3S/c25-15-9-27-14-5-4-10(8-13(14)21-15)17-22-12-3-1-2-11(16(12)23-17)18(26)24-19-20-6-7-28-19/h1-8H,9H2,(H,21,25)(H,22,23)(H,20,24,26). The molecule has 0 unspecified atom stereocenters. The van der Waals surface area contributed by atoms with Crippen molar-refractivity contribution in [3.8, 4) is 17.1 Å². The summed E-state index contributed by atoms with van der Waals surface area (Å²) in [5.74, 6) is 0.732. The van der Waals surface area contributed by atoms with E-state index < -0.39 is 0 Å². The summed E-state index contributed by atoms with van der Waals surface area (Å²) in [6.45, 7) is 0.00849. The molecule has 138 valence electrons. The Morgan fingerprint density at radius 1 is 1.25 bits per heavy atom. The average molecular weight is 391 g/mol. The summed E-state index contributed by atoms with van der Waals surface area (Å²) in [7, 11) is 0. The number of anilines is 2. The number of ether oxygens (including phenoxy) is 1. The molecule has 0 radical (unpaired) electrons. The lowest BCUT2D eigenvalue weighted by molar-refractivity contribution is -0.118. The highest BCUT2D eigenvalue weighted by Crippen LogP contribution is 2.32. The van der Waals surface area contributed by atoms with Gasteiger partial charge in [-0.05, 0) is 30.3 Å². The summed E-state index contributed by atoms with van der Waals surface area (Å²) in [6.07, 6.45) is 1.63. The molecule has 5 rings (SSSR count). The van der Waals surface area contributed by atoms with Crippen molar-refractivity contribution < 1.29 is 14.3 Å². The molecule has 0 bridgehead atoms. The van der Waals surface area contributed by atoms with Crippen LogP contribution in [0.1, 0.15) is 10.4 Å². The Kier molecular flexibility index (Phi) is 3.80. The Bertz CT molecular complexity index is 1220. The number of benzene rings is 2. The van der Waals surface area contributed by atoms with Crippen molar-refractivity contribution in [3.63, 3.8) is 0 Å². The first-order valence-corrected chi connectivity index (χ1v) is 9.32. The lowest BCUT2D eigenvalue weighted by atomic mass is 10.1. The molecule has 0 aliphatic carbocycles. The maximum Gasteiger partial charge on any atom is 0.262 e. The van der Waals surface area contributed by atoms with E-state index in [0.29, 0.717) is 33.5 Å². The van der Waals surface area contributed by atoms with Gasteiger partial charge in [0.25, 0.3) is 11.8 Å². The molecule has 0 saturated heterocycles. The van der Waals surface area contributed by atoms with Gasteiger partial charge < -0.3 is 15.0 Å². The second-order valence-electron chi connectivity index (χ2n) is 6.13. The van der Waals surface area contributed by atoms with Gasteiger partial charge in [0, 0.05) is 17.1 Å². The topological polar surface area (TPSA) is 109 Å². The van der Waals surface area contributed by atoms with E-state index in [1.54, 1.807) is 35.8 Å². The lowest BCUT2D eigenvalue weighted by Crippen LogP contribution is -2.25. The van der Waals surface area contributed by atoms with Crippen LogP contribution in [0.3, 0.4) is 0 Å². The van der Waals surface area contributed by atoms with Crippen molar-refractivity contribution in [2.45, 2.75) is 0 Å². The molecule has 28 heavy (non-hydrogen) atoms. The third-order valence-electron chi connectivity index (χ3n) is 4.30. The molecule has 1 aliphatic heterocycles. The van der Waals surface area contributed by atoms with Gasteiger partial charge in [-0.25, -0.2) is 9.97 Å². The molecule has 3 heterocycles. The van der Waals surface area contributed by atoms with E-state index in [0.717, 1.165) is 11.1 Å². The largest absolute Gasteiger partial charge is 0.482 e. The molecule has 1 aliphatic rings. The number of nitrogens with zero attached hydrogens (tertiary/aromatic N) is 2. The normalized spacial score (nSPS) is 12.9. The van der Waals surface area contributed by atoms with Crippen LogP contribution < -0.4 is 15.4 Å². The van der Waals surface area contributed by atoms with E-state index in [9.17, 15) is 9.59 Å². The highest BCUT2D eigenvalue weighted by Gasteiger charge is 2.19. The second-order valence-corrected chi connectivity index (χ2v) is 7.02. The smallest absolute Gasteiger partial charge is 0.262 e. The number of nitrogens with one attached hydrogen (secondary N) is 3. The SMILES string of the molecule is O=C1COc2ccc(-c3nc4c(C(=O)Nc5nccs5)cccc4[nH]3)cc2N1. The van der Waals surface area contributed by atoms with E-state index in [2.05, 4.69) is 25.6 Å². The van der Waals surface area contributed by atoms with Gasteiger partial charge in [-0.15, -0.1) is 11.3 Å². The van der Waals surface area contributed by atoms with E-state index in [1.165, 1.54) is 11.3 Å². The van der Waals surface area contributed by atoms with E-state index in [4.69, 9.17) is 4.74 Å². The van der Waals surface area contributed by atoms with Gasteiger partial charge >= 0.3 is 0 Å². The van der Waals surface area contributed by atoms with Crippen molar-refractivity contribution in [1.82, 2.24) is 15.0 Å². The first-order chi connectivity index (χ1) is 13.7. The zero-order chi connectivity index (χ0) is 19.1. The summed E-state index contributed by atoms with van der Waals surface area (Å²) in [5, 5.41) is 7.88. The number of carbonyl (C=O) groups excluding carboxylic acids is 2. The van der Waals surface area contributed by atoms with Crippen LogP contribution in [0.25, 0.3) is 22.4 Å². The Morgan fingerprint density at radius 3 is 3.04 bits per heavy atom. The van der Waals surface area contributed by atoms with Crippen LogP contribution in [0.5, 0.6) is 5.75 Å². The summed E-state index contributed by atoms with van der Waals surface area (Å²) in [6, 6.07) is 10.8. The first kappa shape index (κ1) is 16.5. The minimum absolute atomic E-state index is 0.00849. The molecule has 2 aromatic heterocycles. The van der Waals surface area contributed by atoms with Crippen LogP contribution in [0.4, 0.5) is 10.8 Å². The van der Waals surface area contributed by atoms with Crippen LogP contribution in [-0.2, 0) is 4.79 Å². The molecular weight excluding hydrogens is 378 g/mol. The number of hydrogen-bond donors (Lipinski definition) is 3. The van der Waals surface area contributed by atoms with Crippen molar-refractivity contribution in [2.24, 2.45) is 0 Å². The highest BCUT2D eigenvalue weighted by molar-refractivity contribution is 7.13. The lowest BCUT2D eigenvalue weighted by Gasteiger charge is -2.18. The number of rotatable bonds is 3. The minimum Gasteiger partial charge on any atom is -0.482 e. The fourth-order valence-corrected chi connectivity index (χ4v) is 3.56. The Hall–Kier alpha value is -3.72. The number of H-pyrrole nitrogens is 1. The van der Waals surface area contributed by atoms with Crippen molar-refractivity contribution in [1.29, 1.82) is 0 Å². The van der Waals surface area contributed by atoms with Crippen LogP contribution in [0, 0.1) is 0 Å². The quantitative estimate of drug-likeness (QED) is 0.497. The molecule has 4 aromatic rings. The molecule has 3 N–H and O–H groups in total. The maximum atomic E-state index is 12.6. The number of para-hydroxylation sites is 1. The zero-order valence-corrected chi connectivity index (χ0v) is 15.2. The van der Waals surface area contributed by atoms with Crippen LogP contribution in [0.2, 0.25) is 0 Å². The Labute approximate surface area is 162 Å². The fraction of sp³-hybridized carbons (Fsp3) is 0.0526. The molecule has 8 nitrogen and oxygen atoms in total. The summed E-state index contributed by atoms with van der Waals surface area (Å²) >= 11 is 1.35. The third kappa shape index (κ3) is 2.87. The number of thiazole rings is 1. The van der Waals surface area contributed by atoms with Crippen LogP contribution >= 0.6 is 11.3 Å². The van der Waals surface area contributed by atoms with Gasteiger partial charge in [0.2, 0.25) is 0 Å². The average Bonchev–Trinajstić information content (AvgIpc) is 3.36. The number of imidazole rings is 1. The molecule has 0 spiro atoms. The number of hydrogen-bond acceptors (Lipinski definition) is 6. The van der Waals surface area contributed by atoms with Crippen molar-refractivity contribution in [2.75, 3.05) is 17.2 Å². The molecule has 0 saturated carbocycles. The fourth-order valence-electron chi connectivity index (χ4n) is 3.03. The van der Waals surface area contributed by atoms with Gasteiger partial charge in [0.15, 0.2) is 11.7 Å². The predicted octanol–water partition coefficient (Wildman–Crippen LogP) is 3.27. The number of aromatic amines is 1. The Morgan fingerprint density at radius 2 is 2.18 bits per heavy atom. The van der Waals surface area contributed by atoms with Gasteiger partial charge in [-0.1, -0.05) is 6.07 Å². The monoisotopic (exact) mass is 391 g/mol. The zero-order valence-electron chi connectivity index (χ0n) is 14.4. The van der Waals surface area contributed by atoms with Crippen LogP contribution in [-0.4, -0.2) is 33.4 Å². The van der Waals surface area contributed by atoms with Gasteiger partial charge in [-0.2, -0.15) is 0 Å². The van der Waals surface area contributed by atoms with E-state index in [-0.39, 0.29) is 18.4 Å². The number of aromatic nitrogens is 3. The minimum atomic E-state index is -0.273. The van der Waals surface area contributed by atoms with Gasteiger partial charge in [0.05, 0.1) is 16.8 Å². The first-order valence-electron chi connectivity index (χ1n) is 8.44. The summed E-state index contributed by atoms with van der Waals surface area (Å²) in [5.41, 5.74) is 3.11. The molecule has 0 fully saturated rings. The van der Waals surface area contributed by atoms with Gasteiger partial charge in [0.1, 0.15) is 17.1 Å².